The molecule has 0 saturated carbocycles. The number of anilines is 1. The summed E-state index contributed by atoms with van der Waals surface area (Å²) < 4.78 is 5.23. The van der Waals surface area contributed by atoms with Crippen LogP contribution in [0, 0.1) is 0 Å². The topological polar surface area (TPSA) is 107 Å². The Hall–Kier alpha value is -2.38. The molecule has 7 heteroatoms. The zero-order chi connectivity index (χ0) is 18.8. The van der Waals surface area contributed by atoms with Gasteiger partial charge >= 0.3 is 6.09 Å². The minimum absolute atomic E-state index is 0.232. The molecule has 6 nitrogen and oxygen atoms in total. The van der Waals surface area contributed by atoms with Crippen molar-refractivity contribution in [3.8, 4) is 0 Å². The summed E-state index contributed by atoms with van der Waals surface area (Å²) in [6.45, 7) is 7.16. The molecule has 2 amide bonds. The van der Waals surface area contributed by atoms with E-state index in [4.69, 9.17) is 16.2 Å². The van der Waals surface area contributed by atoms with Gasteiger partial charge in [0.05, 0.1) is 11.1 Å². The van der Waals surface area contributed by atoms with Crippen LogP contribution in [-0.4, -0.2) is 23.1 Å². The quantitative estimate of drug-likeness (QED) is 0.766. The average Bonchev–Trinajstić information content (AvgIpc) is 2.74. The zero-order valence-corrected chi connectivity index (χ0v) is 15.6. The maximum absolute atomic E-state index is 12.0. The molecule has 0 spiro atoms. The predicted molar refractivity (Wildman–Crippen MR) is 102 cm³/mol. The molecule has 0 saturated heterocycles. The number of amides is 2. The molecule has 1 aromatic heterocycles. The van der Waals surface area contributed by atoms with Gasteiger partial charge in [0.15, 0.2) is 0 Å². The first-order valence-electron chi connectivity index (χ1n) is 7.78. The summed E-state index contributed by atoms with van der Waals surface area (Å²) in [6, 6.07) is 1.65. The van der Waals surface area contributed by atoms with Crippen molar-refractivity contribution >= 4 is 33.9 Å². The van der Waals surface area contributed by atoms with Gasteiger partial charge in [0.1, 0.15) is 10.6 Å². The number of allylic oxidation sites excluding steroid dienone is 4. The van der Waals surface area contributed by atoms with Crippen LogP contribution in [0.4, 0.5) is 9.80 Å². The van der Waals surface area contributed by atoms with Crippen LogP contribution in [0.1, 0.15) is 42.9 Å². The third-order valence-electron chi connectivity index (χ3n) is 3.21. The van der Waals surface area contributed by atoms with Gasteiger partial charge in [-0.3, -0.25) is 10.1 Å². The molecular formula is C18H23N3O3S. The highest BCUT2D eigenvalue weighted by Crippen LogP contribution is 2.35. The molecule has 0 radical (unpaired) electrons. The van der Waals surface area contributed by atoms with E-state index in [9.17, 15) is 9.59 Å². The van der Waals surface area contributed by atoms with Crippen molar-refractivity contribution in [2.24, 2.45) is 11.5 Å². The Labute approximate surface area is 151 Å². The molecule has 0 aliphatic heterocycles. The molecule has 1 aliphatic carbocycles. The third kappa shape index (κ3) is 5.30. The number of ether oxygens (including phenoxy) is 1. The number of nitrogens with one attached hydrogen (secondary N) is 1. The molecule has 0 fully saturated rings. The van der Waals surface area contributed by atoms with E-state index in [-0.39, 0.29) is 5.56 Å². The lowest BCUT2D eigenvalue weighted by Crippen LogP contribution is -2.30. The first kappa shape index (κ1) is 19.0. The molecule has 1 unspecified atom stereocenters. The second-order valence-electron chi connectivity index (χ2n) is 7.03. The molecule has 134 valence electrons. The molecule has 1 heterocycles. The van der Waals surface area contributed by atoms with Crippen molar-refractivity contribution < 1.29 is 14.3 Å². The van der Waals surface area contributed by atoms with Crippen LogP contribution >= 0.6 is 11.3 Å². The van der Waals surface area contributed by atoms with Crippen LogP contribution in [0.5, 0.6) is 0 Å². The molecule has 0 aromatic carbocycles. The number of rotatable bonds is 3. The van der Waals surface area contributed by atoms with Gasteiger partial charge in [-0.1, -0.05) is 30.4 Å². The second kappa shape index (κ2) is 6.85. The number of nitrogens with two attached hydrogens (primary N) is 2. The summed E-state index contributed by atoms with van der Waals surface area (Å²) in [7, 11) is 0. The fourth-order valence-electron chi connectivity index (χ4n) is 2.21. The van der Waals surface area contributed by atoms with E-state index in [0.717, 1.165) is 10.5 Å². The fraction of sp³-hybridized carbons (Fsp3) is 0.333. The lowest BCUT2D eigenvalue weighted by atomic mass is 10.00. The van der Waals surface area contributed by atoms with Crippen LogP contribution in [0.25, 0.3) is 5.57 Å². The van der Waals surface area contributed by atoms with E-state index in [1.807, 2.05) is 37.3 Å². The van der Waals surface area contributed by atoms with Gasteiger partial charge in [-0.15, -0.1) is 11.3 Å². The van der Waals surface area contributed by atoms with Crippen LogP contribution in [-0.2, 0) is 4.74 Å². The van der Waals surface area contributed by atoms with Gasteiger partial charge in [0.25, 0.3) is 5.91 Å². The average molecular weight is 361 g/mol. The zero-order valence-electron chi connectivity index (χ0n) is 14.8. The SMILES string of the molecule is CC1(N)C=CC=CC(c2cc(C(N)=O)c(NC(=O)OC(C)(C)C)s2)=C1. The maximum atomic E-state index is 12.0. The first-order valence-corrected chi connectivity index (χ1v) is 8.60. The summed E-state index contributed by atoms with van der Waals surface area (Å²) in [5.41, 5.74) is 11.4. The van der Waals surface area contributed by atoms with Crippen LogP contribution in [0.2, 0.25) is 0 Å². The number of hydrogen-bond donors (Lipinski definition) is 3. The summed E-state index contributed by atoms with van der Waals surface area (Å²) in [4.78, 5) is 24.5. The molecular weight excluding hydrogens is 338 g/mol. The van der Waals surface area contributed by atoms with Crippen LogP contribution in [0.3, 0.4) is 0 Å². The van der Waals surface area contributed by atoms with E-state index in [1.54, 1.807) is 26.8 Å². The number of carbonyl (C=O) groups excluding carboxylic acids is 2. The van der Waals surface area contributed by atoms with Crippen molar-refractivity contribution in [1.29, 1.82) is 0 Å². The van der Waals surface area contributed by atoms with Crippen molar-refractivity contribution in [2.75, 3.05) is 5.32 Å². The van der Waals surface area contributed by atoms with E-state index >= 15 is 0 Å². The second-order valence-corrected chi connectivity index (χ2v) is 8.08. The van der Waals surface area contributed by atoms with Crippen LogP contribution < -0.4 is 16.8 Å². The molecule has 1 aliphatic rings. The van der Waals surface area contributed by atoms with Gasteiger partial charge in [-0.05, 0) is 39.3 Å². The fourth-order valence-corrected chi connectivity index (χ4v) is 3.26. The minimum atomic E-state index is -0.642. The molecule has 0 bridgehead atoms. The van der Waals surface area contributed by atoms with Crippen molar-refractivity contribution in [2.45, 2.75) is 38.8 Å². The van der Waals surface area contributed by atoms with Crippen molar-refractivity contribution in [3.05, 3.63) is 46.9 Å². The summed E-state index contributed by atoms with van der Waals surface area (Å²) in [5, 5.41) is 2.95. The van der Waals surface area contributed by atoms with Gasteiger partial charge in [0, 0.05) is 4.88 Å². The summed E-state index contributed by atoms with van der Waals surface area (Å²) in [5.74, 6) is -0.625. The van der Waals surface area contributed by atoms with Gasteiger partial charge in [-0.2, -0.15) is 0 Å². The summed E-state index contributed by atoms with van der Waals surface area (Å²) in [6.07, 6.45) is 8.75. The lowest BCUT2D eigenvalue weighted by Gasteiger charge is -2.19. The first-order chi connectivity index (χ1) is 11.5. The molecule has 25 heavy (non-hydrogen) atoms. The Balaban J connectivity index is 2.36. The normalized spacial score (nSPS) is 20.0. The number of primary amides is 1. The van der Waals surface area contributed by atoms with E-state index in [2.05, 4.69) is 5.32 Å². The molecule has 5 N–H and O–H groups in total. The van der Waals surface area contributed by atoms with E-state index < -0.39 is 23.1 Å². The maximum Gasteiger partial charge on any atom is 0.412 e. The minimum Gasteiger partial charge on any atom is -0.444 e. The van der Waals surface area contributed by atoms with Gasteiger partial charge in [-0.25, -0.2) is 4.79 Å². The van der Waals surface area contributed by atoms with Gasteiger partial charge in [0.2, 0.25) is 0 Å². The lowest BCUT2D eigenvalue weighted by molar-refractivity contribution is 0.0636. The Morgan fingerprint density at radius 2 is 1.96 bits per heavy atom. The Morgan fingerprint density at radius 3 is 2.56 bits per heavy atom. The monoisotopic (exact) mass is 361 g/mol. The number of carbonyl (C=O) groups is 2. The Bertz CT molecular complexity index is 780. The van der Waals surface area contributed by atoms with Gasteiger partial charge < -0.3 is 16.2 Å². The summed E-state index contributed by atoms with van der Waals surface area (Å²) >= 11 is 1.24. The molecule has 2 rings (SSSR count). The Morgan fingerprint density at radius 1 is 1.28 bits per heavy atom. The molecule has 1 atom stereocenters. The predicted octanol–water partition coefficient (Wildman–Crippen LogP) is 3.42. The number of hydrogen-bond acceptors (Lipinski definition) is 5. The highest BCUT2D eigenvalue weighted by atomic mass is 32.1. The highest BCUT2D eigenvalue weighted by molar-refractivity contribution is 7.17. The van der Waals surface area contributed by atoms with E-state index in [0.29, 0.717) is 5.00 Å². The Kier molecular flexibility index (Phi) is 5.20. The van der Waals surface area contributed by atoms with E-state index in [1.165, 1.54) is 11.3 Å². The highest BCUT2D eigenvalue weighted by Gasteiger charge is 2.22. The van der Waals surface area contributed by atoms with Crippen LogP contribution in [0.15, 0.2) is 36.4 Å². The number of thiophene rings is 1. The smallest absolute Gasteiger partial charge is 0.412 e. The standard InChI is InChI=1S/C18H23N3O3S/c1-17(2,3)24-16(23)21-15-12(14(19)22)9-13(25-15)11-7-5-6-8-18(4,20)10-11/h5-10H,20H2,1-4H3,(H2,19,22)(H,21,23). The molecule has 1 aromatic rings. The third-order valence-corrected chi connectivity index (χ3v) is 4.30. The largest absolute Gasteiger partial charge is 0.444 e. The van der Waals surface area contributed by atoms with Crippen molar-refractivity contribution in [1.82, 2.24) is 0 Å². The van der Waals surface area contributed by atoms with Crippen molar-refractivity contribution in [3.63, 3.8) is 0 Å².